The Bertz CT molecular complexity index is 508. The summed E-state index contributed by atoms with van der Waals surface area (Å²) in [5.41, 5.74) is 2.77. The van der Waals surface area contributed by atoms with Crippen LogP contribution in [0.4, 0.5) is 0 Å². The van der Waals surface area contributed by atoms with Crippen LogP contribution in [-0.4, -0.2) is 4.57 Å². The highest BCUT2D eigenvalue weighted by Gasteiger charge is 2.22. The minimum absolute atomic E-state index is 0.934. The van der Waals surface area contributed by atoms with E-state index in [1.165, 1.54) is 40.3 Å². The third kappa shape index (κ3) is 1.71. The first-order valence-electron chi connectivity index (χ1n) is 5.49. The number of hydrogen-bond acceptors (Lipinski definition) is 0. The van der Waals surface area contributed by atoms with E-state index in [2.05, 4.69) is 51.8 Å². The fourth-order valence-corrected chi connectivity index (χ4v) is 2.85. The molecule has 78 valence electrons. The van der Waals surface area contributed by atoms with Crippen molar-refractivity contribution in [2.24, 2.45) is 5.92 Å². The molecule has 1 aromatic carbocycles. The van der Waals surface area contributed by atoms with E-state index in [0.717, 1.165) is 5.92 Å². The lowest BCUT2D eigenvalue weighted by molar-refractivity contribution is 0.646. The van der Waals surface area contributed by atoms with E-state index in [1.54, 1.807) is 0 Å². The van der Waals surface area contributed by atoms with Crippen molar-refractivity contribution in [2.45, 2.75) is 26.3 Å². The standard InChI is InChI=1S/C13H14BrN/c1-9-6-12(14)7-11-4-5-15(13(9)11)8-10-2-3-10/h4-7,10H,2-3,8H2,1H3. The molecule has 1 aromatic heterocycles. The van der Waals surface area contributed by atoms with Gasteiger partial charge in [-0.25, -0.2) is 0 Å². The fourth-order valence-electron chi connectivity index (χ4n) is 2.26. The lowest BCUT2D eigenvalue weighted by atomic mass is 10.2. The summed E-state index contributed by atoms with van der Waals surface area (Å²) in [4.78, 5) is 0. The second-order valence-electron chi connectivity index (χ2n) is 4.57. The minimum Gasteiger partial charge on any atom is -0.347 e. The molecule has 3 rings (SSSR count). The van der Waals surface area contributed by atoms with Crippen LogP contribution in [0.1, 0.15) is 18.4 Å². The number of benzene rings is 1. The van der Waals surface area contributed by atoms with E-state index in [0.29, 0.717) is 0 Å². The Morgan fingerprint density at radius 2 is 2.20 bits per heavy atom. The number of aromatic nitrogens is 1. The molecule has 1 fully saturated rings. The Morgan fingerprint density at radius 3 is 2.93 bits per heavy atom. The van der Waals surface area contributed by atoms with Gasteiger partial charge in [0, 0.05) is 22.6 Å². The third-order valence-electron chi connectivity index (χ3n) is 3.17. The average Bonchev–Trinajstić information content (AvgIpc) is 2.87. The molecule has 1 nitrogen and oxygen atoms in total. The Balaban J connectivity index is 2.14. The molecule has 0 aliphatic heterocycles. The summed E-state index contributed by atoms with van der Waals surface area (Å²) < 4.78 is 3.59. The monoisotopic (exact) mass is 263 g/mol. The Hall–Kier alpha value is -0.760. The van der Waals surface area contributed by atoms with Gasteiger partial charge in [0.1, 0.15) is 0 Å². The summed E-state index contributed by atoms with van der Waals surface area (Å²) in [6, 6.07) is 6.62. The smallest absolute Gasteiger partial charge is 0.0510 e. The van der Waals surface area contributed by atoms with Crippen LogP contribution in [0.3, 0.4) is 0 Å². The van der Waals surface area contributed by atoms with Crippen molar-refractivity contribution in [3.8, 4) is 0 Å². The summed E-state index contributed by atoms with van der Waals surface area (Å²) in [5.74, 6) is 0.934. The quantitative estimate of drug-likeness (QED) is 0.768. The highest BCUT2D eigenvalue weighted by Crippen LogP contribution is 2.33. The Labute approximate surface area is 98.2 Å². The van der Waals surface area contributed by atoms with Gasteiger partial charge in [0.25, 0.3) is 0 Å². The second-order valence-corrected chi connectivity index (χ2v) is 5.49. The van der Waals surface area contributed by atoms with Crippen LogP contribution in [0.5, 0.6) is 0 Å². The first-order chi connectivity index (χ1) is 7.24. The molecule has 2 heteroatoms. The fraction of sp³-hybridized carbons (Fsp3) is 0.385. The number of rotatable bonds is 2. The van der Waals surface area contributed by atoms with Gasteiger partial charge in [0.05, 0.1) is 5.52 Å². The molecule has 0 radical (unpaired) electrons. The van der Waals surface area contributed by atoms with E-state index < -0.39 is 0 Å². The highest BCUT2D eigenvalue weighted by atomic mass is 79.9. The largest absolute Gasteiger partial charge is 0.347 e. The molecule has 1 aliphatic rings. The van der Waals surface area contributed by atoms with Crippen LogP contribution >= 0.6 is 15.9 Å². The minimum atomic E-state index is 0.934. The maximum absolute atomic E-state index is 3.55. The van der Waals surface area contributed by atoms with E-state index in [4.69, 9.17) is 0 Å². The summed E-state index contributed by atoms with van der Waals surface area (Å²) in [5, 5.41) is 1.35. The van der Waals surface area contributed by atoms with Crippen LogP contribution < -0.4 is 0 Å². The third-order valence-corrected chi connectivity index (χ3v) is 3.63. The molecule has 1 saturated carbocycles. The van der Waals surface area contributed by atoms with Gasteiger partial charge in [0.15, 0.2) is 0 Å². The van der Waals surface area contributed by atoms with Crippen molar-refractivity contribution in [2.75, 3.05) is 0 Å². The molecule has 0 unspecified atom stereocenters. The van der Waals surface area contributed by atoms with Crippen molar-refractivity contribution >= 4 is 26.8 Å². The second kappa shape index (κ2) is 3.38. The zero-order valence-electron chi connectivity index (χ0n) is 8.83. The SMILES string of the molecule is Cc1cc(Br)cc2ccn(CC3CC3)c12. The summed E-state index contributed by atoms with van der Waals surface area (Å²) in [7, 11) is 0. The summed E-state index contributed by atoms with van der Waals surface area (Å²) in [6.45, 7) is 3.39. The first kappa shape index (κ1) is 9.46. The van der Waals surface area contributed by atoms with E-state index in [-0.39, 0.29) is 0 Å². The lowest BCUT2D eigenvalue weighted by Gasteiger charge is -2.06. The van der Waals surface area contributed by atoms with Crippen molar-refractivity contribution in [3.05, 3.63) is 34.4 Å². The van der Waals surface area contributed by atoms with E-state index in [9.17, 15) is 0 Å². The molecule has 0 atom stereocenters. The molecular weight excluding hydrogens is 250 g/mol. The van der Waals surface area contributed by atoms with E-state index in [1.807, 2.05) is 0 Å². The van der Waals surface area contributed by atoms with Gasteiger partial charge in [-0.2, -0.15) is 0 Å². The molecule has 2 aromatic rings. The van der Waals surface area contributed by atoms with E-state index >= 15 is 0 Å². The molecule has 15 heavy (non-hydrogen) atoms. The number of halogens is 1. The van der Waals surface area contributed by atoms with Gasteiger partial charge in [-0.15, -0.1) is 0 Å². The molecule has 0 N–H and O–H groups in total. The predicted molar refractivity (Wildman–Crippen MR) is 67.1 cm³/mol. The molecule has 0 saturated heterocycles. The summed E-state index contributed by atoms with van der Waals surface area (Å²) >= 11 is 3.55. The van der Waals surface area contributed by atoms with Gasteiger partial charge < -0.3 is 4.57 Å². The van der Waals surface area contributed by atoms with Gasteiger partial charge in [-0.3, -0.25) is 0 Å². The first-order valence-corrected chi connectivity index (χ1v) is 6.28. The van der Waals surface area contributed by atoms with Crippen LogP contribution in [0.2, 0.25) is 0 Å². The molecule has 1 aliphatic carbocycles. The van der Waals surface area contributed by atoms with Crippen molar-refractivity contribution < 1.29 is 0 Å². The predicted octanol–water partition coefficient (Wildman–Crippen LogP) is 4.12. The van der Waals surface area contributed by atoms with Crippen molar-refractivity contribution in [1.82, 2.24) is 4.57 Å². The van der Waals surface area contributed by atoms with Crippen molar-refractivity contribution in [1.29, 1.82) is 0 Å². The van der Waals surface area contributed by atoms with Gasteiger partial charge in [-0.05, 0) is 49.4 Å². The Morgan fingerprint density at radius 1 is 1.40 bits per heavy atom. The lowest BCUT2D eigenvalue weighted by Crippen LogP contribution is -1.98. The van der Waals surface area contributed by atoms with Crippen LogP contribution in [0, 0.1) is 12.8 Å². The number of fused-ring (bicyclic) bond motifs is 1. The molecule has 0 amide bonds. The zero-order chi connectivity index (χ0) is 10.4. The number of nitrogens with zero attached hydrogens (tertiary/aromatic N) is 1. The maximum atomic E-state index is 3.55. The number of aryl methyl sites for hydroxylation is 1. The molecule has 0 bridgehead atoms. The van der Waals surface area contributed by atoms with Crippen LogP contribution in [0.15, 0.2) is 28.9 Å². The van der Waals surface area contributed by atoms with Gasteiger partial charge in [0.2, 0.25) is 0 Å². The van der Waals surface area contributed by atoms with Crippen LogP contribution in [-0.2, 0) is 6.54 Å². The molecule has 1 heterocycles. The molecular formula is C13H14BrN. The van der Waals surface area contributed by atoms with Gasteiger partial charge in [-0.1, -0.05) is 15.9 Å². The highest BCUT2D eigenvalue weighted by molar-refractivity contribution is 9.10. The molecule has 0 spiro atoms. The van der Waals surface area contributed by atoms with Gasteiger partial charge >= 0.3 is 0 Å². The summed E-state index contributed by atoms with van der Waals surface area (Å²) in [6.07, 6.45) is 5.05. The van der Waals surface area contributed by atoms with Crippen LogP contribution in [0.25, 0.3) is 10.9 Å². The Kier molecular flexibility index (Phi) is 2.13. The zero-order valence-corrected chi connectivity index (χ0v) is 10.4. The van der Waals surface area contributed by atoms with Crippen molar-refractivity contribution in [3.63, 3.8) is 0 Å². The number of hydrogen-bond donors (Lipinski definition) is 0. The maximum Gasteiger partial charge on any atom is 0.0510 e. The topological polar surface area (TPSA) is 4.93 Å². The normalized spacial score (nSPS) is 16.1. The average molecular weight is 264 g/mol.